The molecule has 1 aliphatic rings. The van der Waals surface area contributed by atoms with Crippen LogP contribution in [-0.4, -0.2) is 33.1 Å². The fraction of sp³-hybridized carbons (Fsp3) is 0.176. The van der Waals surface area contributed by atoms with Gasteiger partial charge in [0.25, 0.3) is 5.91 Å². The minimum atomic E-state index is -0.372. The van der Waals surface area contributed by atoms with Crippen LogP contribution in [0.4, 0.5) is 0 Å². The van der Waals surface area contributed by atoms with Gasteiger partial charge in [-0.25, -0.2) is 5.43 Å². The molecule has 2 aromatic rings. The van der Waals surface area contributed by atoms with Gasteiger partial charge < -0.3 is 18.9 Å². The zero-order valence-corrected chi connectivity index (χ0v) is 13.2. The van der Waals surface area contributed by atoms with Gasteiger partial charge >= 0.3 is 0 Å². The molecule has 0 fully saturated rings. The maximum atomic E-state index is 12.2. The third-order valence-corrected chi connectivity index (χ3v) is 3.45. The summed E-state index contributed by atoms with van der Waals surface area (Å²) in [7, 11) is 3.05. The number of hydrazone groups is 1. The van der Waals surface area contributed by atoms with Gasteiger partial charge in [0.2, 0.25) is 6.79 Å². The summed E-state index contributed by atoms with van der Waals surface area (Å²) in [6.45, 7) is 0.170. The van der Waals surface area contributed by atoms with Crippen molar-refractivity contribution in [2.75, 3.05) is 21.0 Å². The molecule has 1 N–H and O–H groups in total. The van der Waals surface area contributed by atoms with Crippen molar-refractivity contribution in [2.45, 2.75) is 0 Å². The third kappa shape index (κ3) is 3.10. The van der Waals surface area contributed by atoms with Gasteiger partial charge in [0.05, 0.1) is 26.0 Å². The van der Waals surface area contributed by atoms with Crippen molar-refractivity contribution < 1.29 is 23.7 Å². The predicted molar refractivity (Wildman–Crippen MR) is 87.2 cm³/mol. The van der Waals surface area contributed by atoms with Crippen LogP contribution in [0.3, 0.4) is 0 Å². The minimum Gasteiger partial charge on any atom is -0.496 e. The van der Waals surface area contributed by atoms with Crippen LogP contribution >= 0.6 is 0 Å². The highest BCUT2D eigenvalue weighted by Crippen LogP contribution is 2.37. The Bertz CT molecular complexity index is 789. The van der Waals surface area contributed by atoms with E-state index in [1.807, 2.05) is 0 Å². The van der Waals surface area contributed by atoms with Crippen LogP contribution in [0.25, 0.3) is 0 Å². The van der Waals surface area contributed by atoms with Gasteiger partial charge in [-0.15, -0.1) is 0 Å². The van der Waals surface area contributed by atoms with Crippen LogP contribution in [0.1, 0.15) is 15.9 Å². The molecular formula is C17H16N2O5. The number of rotatable bonds is 5. The van der Waals surface area contributed by atoms with Gasteiger partial charge in [0.15, 0.2) is 11.5 Å². The number of carbonyl (C=O) groups excluding carboxylic acids is 1. The van der Waals surface area contributed by atoms with Crippen molar-refractivity contribution in [2.24, 2.45) is 5.10 Å². The molecule has 3 rings (SSSR count). The number of methoxy groups -OCH3 is 2. The Balaban J connectivity index is 1.76. The molecule has 1 heterocycles. The summed E-state index contributed by atoms with van der Waals surface area (Å²) < 4.78 is 21.1. The number of amides is 1. The molecule has 0 unspecified atom stereocenters. The highest BCUT2D eigenvalue weighted by Gasteiger charge is 2.17. The van der Waals surface area contributed by atoms with Gasteiger partial charge in [-0.1, -0.05) is 12.1 Å². The molecule has 24 heavy (non-hydrogen) atoms. The van der Waals surface area contributed by atoms with Crippen LogP contribution in [0, 0.1) is 0 Å². The fourth-order valence-corrected chi connectivity index (χ4v) is 2.27. The summed E-state index contributed by atoms with van der Waals surface area (Å²) in [6.07, 6.45) is 1.48. The second-order valence-corrected chi connectivity index (χ2v) is 4.85. The summed E-state index contributed by atoms with van der Waals surface area (Å²) in [5.74, 6) is 1.89. The van der Waals surface area contributed by atoms with Crippen LogP contribution in [0.5, 0.6) is 23.0 Å². The number of hydrogen-bond acceptors (Lipinski definition) is 6. The first kappa shape index (κ1) is 15.7. The lowest BCUT2D eigenvalue weighted by atomic mass is 10.2. The smallest absolute Gasteiger partial charge is 0.275 e. The Kier molecular flexibility index (Phi) is 4.51. The SMILES string of the molecule is COc1cc2c(cc1/C=N/NC(=O)c1ccccc1OC)OCO2. The molecule has 7 heteroatoms. The Hall–Kier alpha value is -3.22. The van der Waals surface area contributed by atoms with E-state index in [0.29, 0.717) is 34.1 Å². The molecular weight excluding hydrogens is 312 g/mol. The molecule has 0 radical (unpaired) electrons. The Morgan fingerprint density at radius 3 is 2.58 bits per heavy atom. The van der Waals surface area contributed by atoms with Crippen LogP contribution < -0.4 is 24.4 Å². The molecule has 0 saturated heterocycles. The van der Waals surface area contributed by atoms with E-state index in [-0.39, 0.29) is 12.7 Å². The van der Waals surface area contributed by atoms with E-state index in [1.165, 1.54) is 13.3 Å². The number of benzene rings is 2. The standard InChI is InChI=1S/C17H16N2O5/c1-21-13-6-4-3-5-12(13)17(20)19-18-9-11-7-15-16(24-10-23-15)8-14(11)22-2/h3-9H,10H2,1-2H3,(H,19,20)/b18-9+. The second-order valence-electron chi connectivity index (χ2n) is 4.85. The zero-order valence-electron chi connectivity index (χ0n) is 13.2. The first-order valence-electron chi connectivity index (χ1n) is 7.17. The lowest BCUT2D eigenvalue weighted by Crippen LogP contribution is -2.18. The van der Waals surface area contributed by atoms with Crippen molar-refractivity contribution in [3.05, 3.63) is 47.5 Å². The number of fused-ring (bicyclic) bond motifs is 1. The lowest BCUT2D eigenvalue weighted by molar-refractivity contribution is 0.0952. The second kappa shape index (κ2) is 6.91. The van der Waals surface area contributed by atoms with Gasteiger partial charge in [0.1, 0.15) is 11.5 Å². The van der Waals surface area contributed by atoms with Gasteiger partial charge in [-0.05, 0) is 18.2 Å². The quantitative estimate of drug-likeness (QED) is 0.672. The summed E-state index contributed by atoms with van der Waals surface area (Å²) in [5, 5.41) is 3.97. The Morgan fingerprint density at radius 1 is 1.12 bits per heavy atom. The van der Waals surface area contributed by atoms with Crippen molar-refractivity contribution >= 4 is 12.1 Å². The number of hydrogen-bond donors (Lipinski definition) is 1. The number of nitrogens with one attached hydrogen (secondary N) is 1. The maximum absolute atomic E-state index is 12.2. The maximum Gasteiger partial charge on any atom is 0.275 e. The third-order valence-electron chi connectivity index (χ3n) is 3.45. The van der Waals surface area contributed by atoms with E-state index in [9.17, 15) is 4.79 Å². The Labute approximate surface area is 138 Å². The normalized spacial score (nSPS) is 12.2. The molecule has 0 aliphatic carbocycles. The van der Waals surface area contributed by atoms with E-state index < -0.39 is 0 Å². The average Bonchev–Trinajstić information content (AvgIpc) is 3.08. The Morgan fingerprint density at radius 2 is 1.83 bits per heavy atom. The summed E-state index contributed by atoms with van der Waals surface area (Å²) >= 11 is 0. The highest BCUT2D eigenvalue weighted by atomic mass is 16.7. The highest BCUT2D eigenvalue weighted by molar-refractivity contribution is 5.97. The van der Waals surface area contributed by atoms with Crippen molar-refractivity contribution in [1.82, 2.24) is 5.43 Å². The monoisotopic (exact) mass is 328 g/mol. The fourth-order valence-electron chi connectivity index (χ4n) is 2.27. The average molecular weight is 328 g/mol. The molecule has 2 aromatic carbocycles. The molecule has 0 spiro atoms. The molecule has 7 nitrogen and oxygen atoms in total. The number of ether oxygens (including phenoxy) is 4. The van der Waals surface area contributed by atoms with Crippen molar-refractivity contribution in [3.8, 4) is 23.0 Å². The molecule has 1 amide bonds. The first-order valence-corrected chi connectivity index (χ1v) is 7.17. The largest absolute Gasteiger partial charge is 0.496 e. The minimum absolute atomic E-state index is 0.170. The van der Waals surface area contributed by atoms with E-state index >= 15 is 0 Å². The molecule has 0 saturated carbocycles. The van der Waals surface area contributed by atoms with E-state index in [1.54, 1.807) is 43.5 Å². The van der Waals surface area contributed by atoms with E-state index in [2.05, 4.69) is 10.5 Å². The zero-order chi connectivity index (χ0) is 16.9. The summed E-state index contributed by atoms with van der Waals surface area (Å²) in [6, 6.07) is 10.4. The van der Waals surface area contributed by atoms with E-state index in [4.69, 9.17) is 18.9 Å². The molecule has 1 aliphatic heterocycles. The van der Waals surface area contributed by atoms with Crippen molar-refractivity contribution in [3.63, 3.8) is 0 Å². The van der Waals surface area contributed by atoms with Crippen LogP contribution in [0.15, 0.2) is 41.5 Å². The number of nitrogens with zero attached hydrogens (tertiary/aromatic N) is 1. The molecule has 124 valence electrons. The predicted octanol–water partition coefficient (Wildman–Crippen LogP) is 2.20. The number of para-hydroxylation sites is 1. The first-order chi connectivity index (χ1) is 11.7. The summed E-state index contributed by atoms with van der Waals surface area (Å²) in [4.78, 5) is 12.2. The van der Waals surface area contributed by atoms with Crippen LogP contribution in [-0.2, 0) is 0 Å². The van der Waals surface area contributed by atoms with Gasteiger partial charge in [-0.3, -0.25) is 4.79 Å². The molecule has 0 aromatic heterocycles. The van der Waals surface area contributed by atoms with E-state index in [0.717, 1.165) is 0 Å². The molecule has 0 bridgehead atoms. The molecule has 0 atom stereocenters. The van der Waals surface area contributed by atoms with Crippen molar-refractivity contribution in [1.29, 1.82) is 0 Å². The lowest BCUT2D eigenvalue weighted by Gasteiger charge is -2.07. The number of carbonyl (C=O) groups is 1. The van der Waals surface area contributed by atoms with Crippen LogP contribution in [0.2, 0.25) is 0 Å². The summed E-state index contributed by atoms with van der Waals surface area (Å²) in [5.41, 5.74) is 3.52. The topological polar surface area (TPSA) is 78.4 Å². The van der Waals surface area contributed by atoms with Gasteiger partial charge in [0, 0.05) is 11.6 Å². The van der Waals surface area contributed by atoms with Gasteiger partial charge in [-0.2, -0.15) is 5.10 Å².